The maximum Gasteiger partial charge on any atom is 0.218 e. The van der Waals surface area contributed by atoms with Gasteiger partial charge < -0.3 is 10.5 Å². The molecule has 0 radical (unpaired) electrons. The second-order valence-electron chi connectivity index (χ2n) is 5.30. The molecule has 0 aliphatic heterocycles. The molecule has 2 unspecified atom stereocenters. The zero-order valence-corrected chi connectivity index (χ0v) is 11.4. The van der Waals surface area contributed by atoms with Crippen LogP contribution in [0, 0.1) is 5.92 Å². The third-order valence-corrected chi connectivity index (χ3v) is 3.92. The number of nitrogens with two attached hydrogens (primary N) is 1. The molecule has 0 saturated heterocycles. The molecule has 1 aliphatic carbocycles. The average molecular weight is 248 g/mol. The van der Waals surface area contributed by atoms with Crippen LogP contribution in [0.1, 0.15) is 57.6 Å². The molecule has 1 aromatic rings. The molecule has 0 spiro atoms. The lowest BCUT2D eigenvalue weighted by atomic mass is 9.85. The van der Waals surface area contributed by atoms with Gasteiger partial charge in [0.2, 0.25) is 5.88 Å². The SMILES string of the molecule is CCC1CCCCC1Oc1ncccc1[C@H](C)N. The van der Waals surface area contributed by atoms with E-state index < -0.39 is 0 Å². The summed E-state index contributed by atoms with van der Waals surface area (Å²) in [5, 5.41) is 0. The van der Waals surface area contributed by atoms with Gasteiger partial charge in [-0.1, -0.05) is 19.4 Å². The minimum absolute atomic E-state index is 0.0302. The number of hydrogen-bond donors (Lipinski definition) is 1. The first-order valence-electron chi connectivity index (χ1n) is 7.09. The van der Waals surface area contributed by atoms with E-state index >= 15 is 0 Å². The van der Waals surface area contributed by atoms with Gasteiger partial charge in [0.05, 0.1) is 0 Å². The Balaban J connectivity index is 2.12. The molecule has 1 heterocycles. The van der Waals surface area contributed by atoms with Gasteiger partial charge in [-0.2, -0.15) is 0 Å². The van der Waals surface area contributed by atoms with Crippen molar-refractivity contribution in [2.24, 2.45) is 11.7 Å². The molecule has 18 heavy (non-hydrogen) atoms. The fourth-order valence-electron chi connectivity index (χ4n) is 2.79. The molecule has 1 aromatic heterocycles. The minimum atomic E-state index is -0.0302. The third-order valence-electron chi connectivity index (χ3n) is 3.92. The van der Waals surface area contributed by atoms with Gasteiger partial charge in [0, 0.05) is 17.8 Å². The Morgan fingerprint density at radius 3 is 2.94 bits per heavy atom. The van der Waals surface area contributed by atoms with Crippen molar-refractivity contribution >= 4 is 0 Å². The van der Waals surface area contributed by atoms with Gasteiger partial charge in [-0.3, -0.25) is 0 Å². The lowest BCUT2D eigenvalue weighted by Crippen LogP contribution is -2.30. The van der Waals surface area contributed by atoms with Crippen LogP contribution in [0.25, 0.3) is 0 Å². The summed E-state index contributed by atoms with van der Waals surface area (Å²) in [6.07, 6.45) is 8.31. The molecule has 0 aromatic carbocycles. The van der Waals surface area contributed by atoms with Crippen LogP contribution in [0.5, 0.6) is 5.88 Å². The molecule has 1 saturated carbocycles. The Bertz CT molecular complexity index is 379. The van der Waals surface area contributed by atoms with Crippen molar-refractivity contribution in [3.8, 4) is 5.88 Å². The monoisotopic (exact) mass is 248 g/mol. The first kappa shape index (κ1) is 13.3. The molecule has 2 rings (SSSR count). The molecule has 3 nitrogen and oxygen atoms in total. The van der Waals surface area contributed by atoms with Crippen molar-refractivity contribution in [1.29, 1.82) is 0 Å². The molecule has 0 bridgehead atoms. The van der Waals surface area contributed by atoms with E-state index in [4.69, 9.17) is 10.5 Å². The standard InChI is InChI=1S/C15H24N2O/c1-3-12-7-4-5-9-14(12)18-15-13(11(2)16)8-6-10-17-15/h6,8,10-12,14H,3-5,7,9,16H2,1-2H3/t11-,12?,14?/m0/s1. The summed E-state index contributed by atoms with van der Waals surface area (Å²) in [5.74, 6) is 1.40. The van der Waals surface area contributed by atoms with Crippen LogP contribution in [-0.2, 0) is 0 Å². The van der Waals surface area contributed by atoms with Crippen LogP contribution in [0.15, 0.2) is 18.3 Å². The Labute approximate surface area is 110 Å². The lowest BCUT2D eigenvalue weighted by Gasteiger charge is -2.31. The van der Waals surface area contributed by atoms with Gasteiger partial charge in [-0.25, -0.2) is 4.98 Å². The summed E-state index contributed by atoms with van der Waals surface area (Å²) >= 11 is 0. The average Bonchev–Trinajstić information content (AvgIpc) is 2.40. The summed E-state index contributed by atoms with van der Waals surface area (Å²) in [7, 11) is 0. The predicted molar refractivity (Wildman–Crippen MR) is 73.5 cm³/mol. The Hall–Kier alpha value is -1.09. The van der Waals surface area contributed by atoms with Crippen molar-refractivity contribution in [3.05, 3.63) is 23.9 Å². The molecule has 3 heteroatoms. The van der Waals surface area contributed by atoms with Crippen LogP contribution < -0.4 is 10.5 Å². The van der Waals surface area contributed by atoms with Crippen LogP contribution in [-0.4, -0.2) is 11.1 Å². The highest BCUT2D eigenvalue weighted by atomic mass is 16.5. The van der Waals surface area contributed by atoms with E-state index in [1.807, 2.05) is 19.1 Å². The predicted octanol–water partition coefficient (Wildman–Crippen LogP) is 3.45. The summed E-state index contributed by atoms with van der Waals surface area (Å²) < 4.78 is 6.16. The Morgan fingerprint density at radius 2 is 2.22 bits per heavy atom. The molecule has 0 amide bonds. The summed E-state index contributed by atoms with van der Waals surface area (Å²) in [6.45, 7) is 4.22. The van der Waals surface area contributed by atoms with Crippen molar-refractivity contribution in [2.45, 2.75) is 58.1 Å². The van der Waals surface area contributed by atoms with Crippen molar-refractivity contribution in [1.82, 2.24) is 4.98 Å². The molecule has 100 valence electrons. The van der Waals surface area contributed by atoms with Crippen LogP contribution >= 0.6 is 0 Å². The highest BCUT2D eigenvalue weighted by Gasteiger charge is 2.26. The largest absolute Gasteiger partial charge is 0.474 e. The van der Waals surface area contributed by atoms with Crippen LogP contribution in [0.4, 0.5) is 0 Å². The first-order valence-corrected chi connectivity index (χ1v) is 7.09. The van der Waals surface area contributed by atoms with Crippen molar-refractivity contribution < 1.29 is 4.74 Å². The summed E-state index contributed by atoms with van der Waals surface area (Å²) in [5.41, 5.74) is 6.98. The van der Waals surface area contributed by atoms with Gasteiger partial charge in [-0.15, -0.1) is 0 Å². The van der Waals surface area contributed by atoms with Gasteiger partial charge in [0.25, 0.3) is 0 Å². The van der Waals surface area contributed by atoms with E-state index in [1.165, 1.54) is 25.7 Å². The number of rotatable bonds is 4. The maximum absolute atomic E-state index is 6.16. The third kappa shape index (κ3) is 3.02. The second kappa shape index (κ2) is 6.19. The molecule has 1 aliphatic rings. The zero-order valence-electron chi connectivity index (χ0n) is 11.4. The fourth-order valence-corrected chi connectivity index (χ4v) is 2.79. The molecular weight excluding hydrogens is 224 g/mol. The molecule has 1 fully saturated rings. The van der Waals surface area contributed by atoms with Gasteiger partial charge in [0.15, 0.2) is 0 Å². The smallest absolute Gasteiger partial charge is 0.218 e. The Kier molecular flexibility index (Phi) is 4.59. The quantitative estimate of drug-likeness (QED) is 0.887. The van der Waals surface area contributed by atoms with Gasteiger partial charge >= 0.3 is 0 Å². The maximum atomic E-state index is 6.16. The molecular formula is C15H24N2O. The normalized spacial score (nSPS) is 25.7. The number of aromatic nitrogens is 1. The lowest BCUT2D eigenvalue weighted by molar-refractivity contribution is 0.0845. The fraction of sp³-hybridized carbons (Fsp3) is 0.667. The molecule has 3 atom stereocenters. The van der Waals surface area contributed by atoms with Crippen molar-refractivity contribution in [3.63, 3.8) is 0 Å². The second-order valence-corrected chi connectivity index (χ2v) is 5.30. The number of nitrogens with zero attached hydrogens (tertiary/aromatic N) is 1. The molecule has 2 N–H and O–H groups in total. The Morgan fingerprint density at radius 1 is 1.44 bits per heavy atom. The highest BCUT2D eigenvalue weighted by Crippen LogP contribution is 2.31. The van der Waals surface area contributed by atoms with Crippen LogP contribution in [0.2, 0.25) is 0 Å². The van der Waals surface area contributed by atoms with Gasteiger partial charge in [0.1, 0.15) is 6.10 Å². The summed E-state index contributed by atoms with van der Waals surface area (Å²) in [6, 6.07) is 3.90. The highest BCUT2D eigenvalue weighted by molar-refractivity contribution is 5.28. The van der Waals surface area contributed by atoms with E-state index in [0.717, 1.165) is 17.9 Å². The minimum Gasteiger partial charge on any atom is -0.474 e. The van der Waals surface area contributed by atoms with E-state index in [-0.39, 0.29) is 6.04 Å². The van der Waals surface area contributed by atoms with E-state index in [0.29, 0.717) is 12.0 Å². The first-order chi connectivity index (χ1) is 8.72. The number of hydrogen-bond acceptors (Lipinski definition) is 3. The zero-order chi connectivity index (χ0) is 13.0. The summed E-state index contributed by atoms with van der Waals surface area (Å²) in [4.78, 5) is 4.36. The van der Waals surface area contributed by atoms with E-state index in [9.17, 15) is 0 Å². The van der Waals surface area contributed by atoms with E-state index in [2.05, 4.69) is 11.9 Å². The number of ether oxygens (including phenoxy) is 1. The topological polar surface area (TPSA) is 48.1 Å². The van der Waals surface area contributed by atoms with Crippen LogP contribution in [0.3, 0.4) is 0 Å². The number of pyridine rings is 1. The van der Waals surface area contributed by atoms with E-state index in [1.54, 1.807) is 6.20 Å². The van der Waals surface area contributed by atoms with Gasteiger partial charge in [-0.05, 0) is 44.6 Å². The van der Waals surface area contributed by atoms with Crippen molar-refractivity contribution in [2.75, 3.05) is 0 Å².